The fourth-order valence-corrected chi connectivity index (χ4v) is 2.10. The van der Waals surface area contributed by atoms with Crippen molar-refractivity contribution in [2.75, 3.05) is 0 Å². The highest BCUT2D eigenvalue weighted by Crippen LogP contribution is 2.31. The zero-order valence-corrected chi connectivity index (χ0v) is 12.5. The molecule has 0 aliphatic carbocycles. The Kier molecular flexibility index (Phi) is 4.99. The number of nitrogens with zero attached hydrogens (tertiary/aromatic N) is 2. The van der Waals surface area contributed by atoms with Crippen LogP contribution in [-0.2, 0) is 0 Å². The highest BCUT2D eigenvalue weighted by Gasteiger charge is 2.11. The Labute approximate surface area is 136 Å². The molecular weight excluding hydrogens is 327 g/mol. The maximum atomic E-state index is 10.7. The third kappa shape index (κ3) is 3.76. The molecule has 0 N–H and O–H groups in total. The summed E-state index contributed by atoms with van der Waals surface area (Å²) in [6, 6.07) is 12.2. The molecule has 0 aromatic heterocycles. The Balaban J connectivity index is 2.33. The van der Waals surface area contributed by atoms with Crippen molar-refractivity contribution in [3.05, 3.63) is 74.3 Å². The van der Waals surface area contributed by atoms with Crippen LogP contribution in [0.15, 0.2) is 48.5 Å². The Bertz CT molecular complexity index is 780. The van der Waals surface area contributed by atoms with Crippen molar-refractivity contribution >= 4 is 34.6 Å². The smallest absolute Gasteiger partial charge is 0.269 e. The molecule has 0 bridgehead atoms. The summed E-state index contributed by atoms with van der Waals surface area (Å²) in [5, 5.41) is 20.3. The van der Waals surface area contributed by atoms with Crippen molar-refractivity contribution in [3.63, 3.8) is 0 Å². The Morgan fingerprint density at radius 3 is 2.45 bits per heavy atom. The monoisotopic (exact) mass is 334 g/mol. The molecule has 0 spiro atoms. The fourth-order valence-electron chi connectivity index (χ4n) is 1.65. The standard InChI is InChI=1S/C15H8Cl2N2O3/c16-11-3-6-15(13(17)9-11)22-14(7-8-18)10-1-4-12(5-2-10)19(20)21/h1-7,9H/b14-7+. The molecule has 0 aliphatic heterocycles. The molecular formula is C15H8Cl2N2O3. The van der Waals surface area contributed by atoms with Crippen LogP contribution in [0.1, 0.15) is 5.56 Å². The predicted octanol–water partition coefficient (Wildman–Crippen LogP) is 4.85. The molecule has 0 atom stereocenters. The van der Waals surface area contributed by atoms with Crippen LogP contribution >= 0.6 is 23.2 Å². The molecule has 110 valence electrons. The molecule has 0 aliphatic rings. The average Bonchev–Trinajstić information content (AvgIpc) is 2.49. The topological polar surface area (TPSA) is 76.2 Å². The number of nitro groups is 1. The lowest BCUT2D eigenvalue weighted by Gasteiger charge is -2.11. The lowest BCUT2D eigenvalue weighted by molar-refractivity contribution is -0.384. The maximum absolute atomic E-state index is 10.7. The molecule has 2 rings (SSSR count). The minimum absolute atomic E-state index is 0.0513. The largest absolute Gasteiger partial charge is 0.454 e. The molecule has 2 aromatic rings. The van der Waals surface area contributed by atoms with Crippen LogP contribution in [0.25, 0.3) is 5.76 Å². The fraction of sp³-hybridized carbons (Fsp3) is 0. The van der Waals surface area contributed by atoms with E-state index in [2.05, 4.69) is 0 Å². The summed E-state index contributed by atoms with van der Waals surface area (Å²) in [5.41, 5.74) is 0.461. The van der Waals surface area contributed by atoms with Gasteiger partial charge in [0.15, 0.2) is 0 Å². The number of hydrogen-bond donors (Lipinski definition) is 0. The number of halogens is 2. The number of allylic oxidation sites excluding steroid dienone is 1. The van der Waals surface area contributed by atoms with Gasteiger partial charge in [-0.2, -0.15) is 5.26 Å². The van der Waals surface area contributed by atoms with E-state index in [1.165, 1.54) is 36.4 Å². The minimum atomic E-state index is -0.506. The van der Waals surface area contributed by atoms with Gasteiger partial charge in [0.1, 0.15) is 11.5 Å². The number of nitro benzene ring substituents is 1. The second-order valence-electron chi connectivity index (χ2n) is 4.12. The van der Waals surface area contributed by atoms with Crippen LogP contribution in [-0.4, -0.2) is 4.92 Å². The van der Waals surface area contributed by atoms with Gasteiger partial charge in [-0.1, -0.05) is 23.2 Å². The normalized spacial score (nSPS) is 10.9. The number of nitriles is 1. The zero-order chi connectivity index (χ0) is 16.1. The first-order chi connectivity index (χ1) is 10.5. The first-order valence-electron chi connectivity index (χ1n) is 5.99. The van der Waals surface area contributed by atoms with E-state index in [1.807, 2.05) is 6.07 Å². The van der Waals surface area contributed by atoms with Gasteiger partial charge < -0.3 is 4.74 Å². The summed E-state index contributed by atoms with van der Waals surface area (Å²) in [6.45, 7) is 0. The Morgan fingerprint density at radius 2 is 1.91 bits per heavy atom. The van der Waals surface area contributed by atoms with Gasteiger partial charge in [-0.15, -0.1) is 0 Å². The quantitative estimate of drug-likeness (QED) is 0.346. The van der Waals surface area contributed by atoms with E-state index in [-0.39, 0.29) is 11.4 Å². The Hall–Kier alpha value is -2.55. The van der Waals surface area contributed by atoms with Crippen LogP contribution in [0.4, 0.5) is 5.69 Å². The van der Waals surface area contributed by atoms with E-state index in [0.29, 0.717) is 21.4 Å². The number of rotatable bonds is 4. The van der Waals surface area contributed by atoms with Crippen molar-refractivity contribution in [3.8, 4) is 11.8 Å². The van der Waals surface area contributed by atoms with Crippen LogP contribution in [0.3, 0.4) is 0 Å². The van der Waals surface area contributed by atoms with Gasteiger partial charge in [0.25, 0.3) is 5.69 Å². The van der Waals surface area contributed by atoms with Crippen molar-refractivity contribution in [2.45, 2.75) is 0 Å². The third-order valence-corrected chi connectivity index (χ3v) is 3.20. The number of non-ortho nitro benzene ring substituents is 1. The first-order valence-corrected chi connectivity index (χ1v) is 6.74. The first kappa shape index (κ1) is 15.8. The van der Waals surface area contributed by atoms with Crippen molar-refractivity contribution in [1.29, 1.82) is 5.26 Å². The predicted molar refractivity (Wildman–Crippen MR) is 83.8 cm³/mol. The van der Waals surface area contributed by atoms with Crippen LogP contribution in [0.2, 0.25) is 10.0 Å². The molecule has 0 saturated heterocycles. The molecule has 0 heterocycles. The third-order valence-electron chi connectivity index (χ3n) is 2.67. The van der Waals surface area contributed by atoms with E-state index in [9.17, 15) is 10.1 Å². The van der Waals surface area contributed by atoms with E-state index < -0.39 is 4.92 Å². The van der Waals surface area contributed by atoms with E-state index in [0.717, 1.165) is 0 Å². The number of ether oxygens (including phenoxy) is 1. The molecule has 0 amide bonds. The van der Waals surface area contributed by atoms with Crippen molar-refractivity contribution in [2.24, 2.45) is 0 Å². The molecule has 2 aromatic carbocycles. The second-order valence-corrected chi connectivity index (χ2v) is 4.96. The summed E-state index contributed by atoms with van der Waals surface area (Å²) in [5.74, 6) is 0.549. The van der Waals surface area contributed by atoms with Gasteiger partial charge in [-0.25, -0.2) is 0 Å². The van der Waals surface area contributed by atoms with Crippen molar-refractivity contribution < 1.29 is 9.66 Å². The molecule has 7 heteroatoms. The molecule has 22 heavy (non-hydrogen) atoms. The van der Waals surface area contributed by atoms with Gasteiger partial charge in [0, 0.05) is 22.7 Å². The minimum Gasteiger partial charge on any atom is -0.454 e. The summed E-state index contributed by atoms with van der Waals surface area (Å²) < 4.78 is 5.61. The van der Waals surface area contributed by atoms with Gasteiger partial charge >= 0.3 is 0 Å². The van der Waals surface area contributed by atoms with E-state index in [1.54, 1.807) is 12.1 Å². The van der Waals surface area contributed by atoms with Gasteiger partial charge in [0.2, 0.25) is 0 Å². The number of benzene rings is 2. The van der Waals surface area contributed by atoms with E-state index >= 15 is 0 Å². The average molecular weight is 335 g/mol. The summed E-state index contributed by atoms with van der Waals surface area (Å²) >= 11 is 11.8. The van der Waals surface area contributed by atoms with E-state index in [4.69, 9.17) is 33.2 Å². The van der Waals surface area contributed by atoms with Gasteiger partial charge in [-0.05, 0) is 30.3 Å². The molecule has 0 radical (unpaired) electrons. The molecule has 0 fully saturated rings. The summed E-state index contributed by atoms with van der Waals surface area (Å²) in [6.07, 6.45) is 1.19. The molecule has 0 unspecified atom stereocenters. The van der Waals surface area contributed by atoms with Gasteiger partial charge in [0.05, 0.1) is 22.1 Å². The van der Waals surface area contributed by atoms with Gasteiger partial charge in [-0.3, -0.25) is 10.1 Å². The van der Waals surface area contributed by atoms with Crippen LogP contribution < -0.4 is 4.74 Å². The highest BCUT2D eigenvalue weighted by molar-refractivity contribution is 6.35. The molecule has 0 saturated carbocycles. The SMILES string of the molecule is N#C/C=C(/Oc1ccc(Cl)cc1Cl)c1ccc([N+](=O)[O-])cc1. The molecule has 5 nitrogen and oxygen atoms in total. The van der Waals surface area contributed by atoms with Crippen molar-refractivity contribution in [1.82, 2.24) is 0 Å². The lowest BCUT2D eigenvalue weighted by Crippen LogP contribution is -1.96. The highest BCUT2D eigenvalue weighted by atomic mass is 35.5. The summed E-state index contributed by atoms with van der Waals surface area (Å²) in [7, 11) is 0. The maximum Gasteiger partial charge on any atom is 0.269 e. The second kappa shape index (κ2) is 6.94. The van der Waals surface area contributed by atoms with Crippen LogP contribution in [0, 0.1) is 21.4 Å². The lowest BCUT2D eigenvalue weighted by atomic mass is 10.1. The number of hydrogen-bond acceptors (Lipinski definition) is 4. The zero-order valence-electron chi connectivity index (χ0n) is 11.0. The Morgan fingerprint density at radius 1 is 1.23 bits per heavy atom. The van der Waals surface area contributed by atoms with Crippen LogP contribution in [0.5, 0.6) is 5.75 Å². The summed E-state index contributed by atoms with van der Waals surface area (Å²) in [4.78, 5) is 10.1.